The molecule has 6 nitrogen and oxygen atoms in total. The van der Waals surface area contributed by atoms with E-state index in [9.17, 15) is 4.57 Å². The fraction of sp³-hybridized carbons (Fsp3) is 1.00. The maximum absolute atomic E-state index is 13.4. The Kier molecular flexibility index (Phi) is 6.74. The fourth-order valence-electron chi connectivity index (χ4n) is 3.10. The first-order chi connectivity index (χ1) is 10.9. The van der Waals surface area contributed by atoms with Gasteiger partial charge in [-0.1, -0.05) is 20.3 Å². The van der Waals surface area contributed by atoms with Crippen molar-refractivity contribution in [2.45, 2.75) is 65.1 Å². The average molecular weight is 348 g/mol. The highest BCUT2D eigenvalue weighted by Gasteiger charge is 2.55. The van der Waals surface area contributed by atoms with Gasteiger partial charge in [0.05, 0.1) is 13.2 Å². The molecule has 134 valence electrons. The van der Waals surface area contributed by atoms with Crippen LogP contribution in [0.4, 0.5) is 0 Å². The van der Waals surface area contributed by atoms with Gasteiger partial charge in [-0.25, -0.2) is 0 Å². The van der Waals surface area contributed by atoms with Crippen LogP contribution in [0.25, 0.3) is 0 Å². The Morgan fingerprint density at radius 2 is 1.52 bits per heavy atom. The molecule has 0 unspecified atom stereocenters. The Balaban J connectivity index is 2.16. The van der Waals surface area contributed by atoms with Gasteiger partial charge >= 0.3 is 14.9 Å². The van der Waals surface area contributed by atoms with Crippen LogP contribution < -0.4 is 0 Å². The summed E-state index contributed by atoms with van der Waals surface area (Å²) in [6.45, 7) is 9.51. The highest BCUT2D eigenvalue weighted by molar-refractivity contribution is 7.55. The molecule has 2 rings (SSSR count). The van der Waals surface area contributed by atoms with Crippen molar-refractivity contribution in [3.8, 4) is 0 Å². The molecule has 23 heavy (non-hydrogen) atoms. The van der Waals surface area contributed by atoms with Crippen molar-refractivity contribution in [3.05, 3.63) is 0 Å². The minimum Gasteiger partial charge on any atom is -0.385 e. The van der Waals surface area contributed by atoms with E-state index in [1.54, 1.807) is 0 Å². The second kappa shape index (κ2) is 7.98. The van der Waals surface area contributed by atoms with E-state index in [0.717, 1.165) is 19.3 Å². The summed E-state index contributed by atoms with van der Waals surface area (Å²) in [7, 11) is -4.22. The van der Waals surface area contributed by atoms with Crippen molar-refractivity contribution >= 4 is 14.9 Å². The first-order valence-electron chi connectivity index (χ1n) is 8.67. The van der Waals surface area contributed by atoms with Crippen LogP contribution in [0.1, 0.15) is 59.8 Å². The molecule has 0 bridgehead atoms. The van der Waals surface area contributed by atoms with E-state index in [2.05, 4.69) is 13.8 Å². The summed E-state index contributed by atoms with van der Waals surface area (Å²) < 4.78 is 42.1. The standard InChI is InChI=1S/C15H30BO6P/c1-5-20-23(17,21-6-2)15(10-8-7-9-11-15)22-16-18-12-14(3,4)13-19-16/h5-13H2,1-4H3. The van der Waals surface area contributed by atoms with Gasteiger partial charge in [-0.2, -0.15) is 0 Å². The second-order valence-electron chi connectivity index (χ2n) is 7.03. The lowest BCUT2D eigenvalue weighted by molar-refractivity contribution is -0.0577. The van der Waals surface area contributed by atoms with Crippen LogP contribution in [-0.2, 0) is 27.6 Å². The number of rotatable bonds is 7. The van der Waals surface area contributed by atoms with Crippen molar-refractivity contribution in [1.82, 2.24) is 0 Å². The Hall–Kier alpha value is 0.0949. The van der Waals surface area contributed by atoms with Gasteiger partial charge in [-0.3, -0.25) is 4.57 Å². The van der Waals surface area contributed by atoms with Gasteiger partial charge in [0.2, 0.25) is 0 Å². The zero-order valence-electron chi connectivity index (χ0n) is 14.8. The highest BCUT2D eigenvalue weighted by Crippen LogP contribution is 2.65. The molecular weight excluding hydrogens is 318 g/mol. The Labute approximate surface area is 140 Å². The van der Waals surface area contributed by atoms with Gasteiger partial charge in [0.15, 0.2) is 5.34 Å². The molecule has 0 spiro atoms. The van der Waals surface area contributed by atoms with Crippen LogP contribution in [0.15, 0.2) is 0 Å². The lowest BCUT2D eigenvalue weighted by atomic mass is 9.92. The predicted molar refractivity (Wildman–Crippen MR) is 89.2 cm³/mol. The summed E-state index contributed by atoms with van der Waals surface area (Å²) in [6, 6.07) is 0. The van der Waals surface area contributed by atoms with Crippen LogP contribution in [0.3, 0.4) is 0 Å². The third-order valence-corrected chi connectivity index (χ3v) is 7.02. The van der Waals surface area contributed by atoms with Crippen molar-refractivity contribution in [2.75, 3.05) is 26.4 Å². The quantitative estimate of drug-likeness (QED) is 0.512. The second-order valence-corrected chi connectivity index (χ2v) is 9.36. The molecule has 1 saturated carbocycles. The molecule has 0 N–H and O–H groups in total. The third-order valence-electron chi connectivity index (χ3n) is 4.27. The molecule has 1 aliphatic carbocycles. The minimum atomic E-state index is -3.41. The molecule has 1 aliphatic heterocycles. The Morgan fingerprint density at radius 3 is 2.00 bits per heavy atom. The van der Waals surface area contributed by atoms with Gasteiger partial charge in [0.1, 0.15) is 0 Å². The Morgan fingerprint density at radius 1 is 1.00 bits per heavy atom. The monoisotopic (exact) mass is 348 g/mol. The molecule has 0 aromatic rings. The summed E-state index contributed by atoms with van der Waals surface area (Å²) >= 11 is 0. The normalized spacial score (nSPS) is 24.6. The molecule has 0 atom stereocenters. The summed E-state index contributed by atoms with van der Waals surface area (Å²) in [5.74, 6) is 0. The average Bonchev–Trinajstić information content (AvgIpc) is 2.51. The molecule has 0 aromatic carbocycles. The summed E-state index contributed by atoms with van der Waals surface area (Å²) in [5, 5.41) is -0.969. The van der Waals surface area contributed by atoms with E-state index in [1.165, 1.54) is 0 Å². The lowest BCUT2D eigenvalue weighted by Crippen LogP contribution is -2.49. The topological polar surface area (TPSA) is 63.2 Å². The van der Waals surface area contributed by atoms with Gasteiger partial charge in [-0.05, 0) is 39.5 Å². The molecule has 2 aliphatic rings. The van der Waals surface area contributed by atoms with Crippen LogP contribution in [0.5, 0.6) is 0 Å². The van der Waals surface area contributed by atoms with Crippen LogP contribution in [-0.4, -0.2) is 39.1 Å². The Bertz CT molecular complexity index is 404. The molecule has 0 amide bonds. The van der Waals surface area contributed by atoms with E-state index in [1.807, 2.05) is 13.8 Å². The minimum absolute atomic E-state index is 0.0386. The van der Waals surface area contributed by atoms with Crippen molar-refractivity contribution in [1.29, 1.82) is 0 Å². The van der Waals surface area contributed by atoms with Crippen molar-refractivity contribution in [3.63, 3.8) is 0 Å². The van der Waals surface area contributed by atoms with E-state index in [-0.39, 0.29) is 5.41 Å². The van der Waals surface area contributed by atoms with E-state index in [4.69, 9.17) is 23.0 Å². The van der Waals surface area contributed by atoms with Crippen molar-refractivity contribution < 1.29 is 27.6 Å². The number of hydrogen-bond acceptors (Lipinski definition) is 6. The molecular formula is C15H30BO6P. The molecule has 0 radical (unpaired) electrons. The SMILES string of the molecule is CCOP(=O)(OCC)C1(OB2OCC(C)(C)CO2)CCCCC1. The third kappa shape index (κ3) is 4.59. The van der Waals surface area contributed by atoms with E-state index < -0.39 is 20.3 Å². The van der Waals surface area contributed by atoms with Crippen molar-refractivity contribution in [2.24, 2.45) is 5.41 Å². The van der Waals surface area contributed by atoms with Gasteiger partial charge in [0, 0.05) is 18.6 Å². The first-order valence-corrected chi connectivity index (χ1v) is 10.2. The fourth-order valence-corrected chi connectivity index (χ4v) is 5.40. The van der Waals surface area contributed by atoms with Crippen LogP contribution >= 0.6 is 7.60 Å². The van der Waals surface area contributed by atoms with E-state index in [0.29, 0.717) is 39.3 Å². The predicted octanol–water partition coefficient (Wildman–Crippen LogP) is 3.99. The van der Waals surface area contributed by atoms with Gasteiger partial charge in [-0.15, -0.1) is 0 Å². The molecule has 1 saturated heterocycles. The molecule has 2 fully saturated rings. The highest BCUT2D eigenvalue weighted by atomic mass is 31.2. The zero-order chi connectivity index (χ0) is 17.0. The summed E-state index contributed by atoms with van der Waals surface area (Å²) in [4.78, 5) is 0. The smallest absolute Gasteiger partial charge is 0.385 e. The number of hydrogen-bond donors (Lipinski definition) is 0. The first kappa shape index (κ1) is 19.4. The van der Waals surface area contributed by atoms with Crippen LogP contribution in [0, 0.1) is 5.41 Å². The summed E-state index contributed by atoms with van der Waals surface area (Å²) in [5.41, 5.74) is -0.0386. The lowest BCUT2D eigenvalue weighted by Gasteiger charge is -2.43. The molecule has 0 aromatic heterocycles. The maximum atomic E-state index is 13.4. The van der Waals surface area contributed by atoms with Crippen LogP contribution in [0.2, 0.25) is 0 Å². The van der Waals surface area contributed by atoms with Gasteiger partial charge in [0.25, 0.3) is 0 Å². The van der Waals surface area contributed by atoms with Gasteiger partial charge < -0.3 is 23.0 Å². The molecule has 1 heterocycles. The zero-order valence-corrected chi connectivity index (χ0v) is 15.7. The molecule has 8 heteroatoms. The maximum Gasteiger partial charge on any atom is 0.640 e. The summed E-state index contributed by atoms with van der Waals surface area (Å²) in [6.07, 6.45) is 4.24. The van der Waals surface area contributed by atoms with E-state index >= 15 is 0 Å². The largest absolute Gasteiger partial charge is 0.640 e.